The molecule has 2 amide bonds. The molecule has 138 valence electrons. The molecule has 27 heavy (non-hydrogen) atoms. The Morgan fingerprint density at radius 3 is 2.78 bits per heavy atom. The lowest BCUT2D eigenvalue weighted by Gasteiger charge is -2.22. The Balaban J connectivity index is 1.52. The van der Waals surface area contributed by atoms with Crippen molar-refractivity contribution in [3.05, 3.63) is 64.7 Å². The minimum absolute atomic E-state index is 0.147. The van der Waals surface area contributed by atoms with Gasteiger partial charge in [0, 0.05) is 16.6 Å². The van der Waals surface area contributed by atoms with E-state index in [1.165, 1.54) is 12.1 Å². The van der Waals surface area contributed by atoms with Crippen LogP contribution in [0.25, 0.3) is 11.4 Å². The van der Waals surface area contributed by atoms with Gasteiger partial charge in [0.05, 0.1) is 5.69 Å². The summed E-state index contributed by atoms with van der Waals surface area (Å²) in [6, 6.07) is 12.9. The second kappa shape index (κ2) is 7.48. The SMILES string of the molecule is O=C(Nc1ccccc1F)N1CCCC1c1nc(-c2ccc(Br)cc2)no1. The van der Waals surface area contributed by atoms with E-state index in [0.29, 0.717) is 24.7 Å². The summed E-state index contributed by atoms with van der Waals surface area (Å²) < 4.78 is 20.2. The molecule has 0 saturated carbocycles. The summed E-state index contributed by atoms with van der Waals surface area (Å²) in [6.07, 6.45) is 1.53. The summed E-state index contributed by atoms with van der Waals surface area (Å²) in [5.74, 6) is 0.380. The van der Waals surface area contributed by atoms with Crippen LogP contribution in [-0.4, -0.2) is 27.6 Å². The maximum Gasteiger partial charge on any atom is 0.322 e. The van der Waals surface area contributed by atoms with E-state index in [4.69, 9.17) is 4.52 Å². The molecule has 0 radical (unpaired) electrons. The van der Waals surface area contributed by atoms with Crippen molar-refractivity contribution in [3.63, 3.8) is 0 Å². The molecule has 3 aromatic rings. The Kier molecular flexibility index (Phi) is 4.89. The summed E-state index contributed by atoms with van der Waals surface area (Å²) >= 11 is 3.39. The lowest BCUT2D eigenvalue weighted by atomic mass is 10.2. The Morgan fingerprint density at radius 1 is 1.22 bits per heavy atom. The summed E-state index contributed by atoms with van der Waals surface area (Å²) in [5.41, 5.74) is 0.975. The minimum atomic E-state index is -0.475. The molecule has 1 aliphatic heterocycles. The number of hydrogen-bond acceptors (Lipinski definition) is 4. The first-order valence-electron chi connectivity index (χ1n) is 8.53. The van der Waals surface area contributed by atoms with E-state index in [2.05, 4.69) is 31.4 Å². The number of carbonyl (C=O) groups excluding carboxylic acids is 1. The van der Waals surface area contributed by atoms with Crippen LogP contribution in [-0.2, 0) is 0 Å². The van der Waals surface area contributed by atoms with Crippen LogP contribution in [0.1, 0.15) is 24.8 Å². The molecule has 2 heterocycles. The molecular formula is C19H16BrFN4O2. The van der Waals surface area contributed by atoms with Gasteiger partial charge in [-0.3, -0.25) is 0 Å². The molecule has 1 aliphatic rings. The quantitative estimate of drug-likeness (QED) is 0.633. The predicted octanol–water partition coefficient (Wildman–Crippen LogP) is 5.01. The summed E-state index contributed by atoms with van der Waals surface area (Å²) in [6.45, 7) is 0.543. The summed E-state index contributed by atoms with van der Waals surface area (Å²) in [7, 11) is 0. The van der Waals surface area contributed by atoms with Gasteiger partial charge in [-0.25, -0.2) is 9.18 Å². The monoisotopic (exact) mass is 430 g/mol. The van der Waals surface area contributed by atoms with Gasteiger partial charge in [-0.05, 0) is 49.2 Å². The Bertz CT molecular complexity index is 960. The van der Waals surface area contributed by atoms with Gasteiger partial charge in [-0.2, -0.15) is 4.98 Å². The van der Waals surface area contributed by atoms with Crippen LogP contribution < -0.4 is 5.32 Å². The zero-order valence-electron chi connectivity index (χ0n) is 14.2. The first-order valence-corrected chi connectivity index (χ1v) is 9.33. The van der Waals surface area contributed by atoms with Crippen molar-refractivity contribution in [2.45, 2.75) is 18.9 Å². The number of urea groups is 1. The zero-order valence-corrected chi connectivity index (χ0v) is 15.8. The number of benzene rings is 2. The molecule has 6 nitrogen and oxygen atoms in total. The molecule has 8 heteroatoms. The van der Waals surface area contributed by atoms with Crippen molar-refractivity contribution in [1.82, 2.24) is 15.0 Å². The fraction of sp³-hybridized carbons (Fsp3) is 0.211. The lowest BCUT2D eigenvalue weighted by Crippen LogP contribution is -2.34. The molecule has 1 aromatic heterocycles. The van der Waals surface area contributed by atoms with Gasteiger partial charge in [0.1, 0.15) is 11.9 Å². The van der Waals surface area contributed by atoms with Crippen LogP contribution in [0.3, 0.4) is 0 Å². The number of para-hydroxylation sites is 1. The first-order chi connectivity index (χ1) is 13.1. The molecule has 1 atom stereocenters. The third-order valence-corrected chi connectivity index (χ3v) is 4.99. The maximum atomic E-state index is 13.8. The number of rotatable bonds is 3. The number of nitrogens with zero attached hydrogens (tertiary/aromatic N) is 3. The third kappa shape index (κ3) is 3.71. The number of nitrogens with one attached hydrogen (secondary N) is 1. The molecule has 0 bridgehead atoms. The fourth-order valence-corrected chi connectivity index (χ4v) is 3.37. The van der Waals surface area contributed by atoms with Crippen molar-refractivity contribution in [1.29, 1.82) is 0 Å². The largest absolute Gasteiger partial charge is 0.337 e. The van der Waals surface area contributed by atoms with Gasteiger partial charge in [0.25, 0.3) is 0 Å². The van der Waals surface area contributed by atoms with Crippen LogP contribution in [0.5, 0.6) is 0 Å². The van der Waals surface area contributed by atoms with E-state index >= 15 is 0 Å². The van der Waals surface area contributed by atoms with Crippen LogP contribution in [0, 0.1) is 5.82 Å². The third-order valence-electron chi connectivity index (χ3n) is 4.46. The second-order valence-corrected chi connectivity index (χ2v) is 7.14. The van der Waals surface area contributed by atoms with Crippen LogP contribution in [0.15, 0.2) is 57.5 Å². The molecule has 2 aromatic carbocycles. The highest BCUT2D eigenvalue weighted by Gasteiger charge is 2.34. The Hall–Kier alpha value is -2.74. The van der Waals surface area contributed by atoms with Gasteiger partial charge in [-0.15, -0.1) is 0 Å². The number of aromatic nitrogens is 2. The van der Waals surface area contributed by atoms with Crippen LogP contribution >= 0.6 is 15.9 Å². The van der Waals surface area contributed by atoms with E-state index in [1.54, 1.807) is 17.0 Å². The van der Waals surface area contributed by atoms with E-state index < -0.39 is 5.82 Å². The van der Waals surface area contributed by atoms with Crippen LogP contribution in [0.2, 0.25) is 0 Å². The Morgan fingerprint density at radius 2 is 2.00 bits per heavy atom. The lowest BCUT2D eigenvalue weighted by molar-refractivity contribution is 0.193. The highest BCUT2D eigenvalue weighted by molar-refractivity contribution is 9.10. The number of anilines is 1. The molecule has 1 saturated heterocycles. The predicted molar refractivity (Wildman–Crippen MR) is 102 cm³/mol. The normalized spacial score (nSPS) is 16.5. The number of likely N-dealkylation sites (tertiary alicyclic amines) is 1. The highest BCUT2D eigenvalue weighted by Crippen LogP contribution is 2.32. The smallest absolute Gasteiger partial charge is 0.322 e. The number of hydrogen-bond donors (Lipinski definition) is 1. The zero-order chi connectivity index (χ0) is 18.8. The van der Waals surface area contributed by atoms with Crippen molar-refractivity contribution in [3.8, 4) is 11.4 Å². The van der Waals surface area contributed by atoms with Gasteiger partial charge >= 0.3 is 6.03 Å². The molecule has 1 N–H and O–H groups in total. The molecule has 1 fully saturated rings. The van der Waals surface area contributed by atoms with Crippen molar-refractivity contribution in [2.24, 2.45) is 0 Å². The topological polar surface area (TPSA) is 71.3 Å². The summed E-state index contributed by atoms with van der Waals surface area (Å²) in [5, 5.41) is 6.65. The highest BCUT2D eigenvalue weighted by atomic mass is 79.9. The van der Waals surface area contributed by atoms with E-state index in [9.17, 15) is 9.18 Å². The average molecular weight is 431 g/mol. The van der Waals surface area contributed by atoms with Gasteiger partial charge < -0.3 is 14.7 Å². The molecule has 1 unspecified atom stereocenters. The molecule has 0 spiro atoms. The van der Waals surface area contributed by atoms with Crippen molar-refractivity contribution >= 4 is 27.6 Å². The second-order valence-electron chi connectivity index (χ2n) is 6.22. The van der Waals surface area contributed by atoms with Gasteiger partial charge in [-0.1, -0.05) is 33.2 Å². The number of halogens is 2. The fourth-order valence-electron chi connectivity index (χ4n) is 3.10. The van der Waals surface area contributed by atoms with E-state index in [-0.39, 0.29) is 17.8 Å². The van der Waals surface area contributed by atoms with E-state index in [1.807, 2.05) is 24.3 Å². The molecule has 0 aliphatic carbocycles. The van der Waals surface area contributed by atoms with E-state index in [0.717, 1.165) is 16.5 Å². The van der Waals surface area contributed by atoms with Crippen LogP contribution in [0.4, 0.5) is 14.9 Å². The first kappa shape index (κ1) is 17.7. The van der Waals surface area contributed by atoms with Gasteiger partial charge in [0.2, 0.25) is 11.7 Å². The Labute approximate surface area is 163 Å². The molecular weight excluding hydrogens is 415 g/mol. The van der Waals surface area contributed by atoms with Crippen molar-refractivity contribution < 1.29 is 13.7 Å². The average Bonchev–Trinajstić information content (AvgIpc) is 3.33. The minimum Gasteiger partial charge on any atom is -0.337 e. The standard InChI is InChI=1S/C19H16BrFN4O2/c20-13-9-7-12(8-10-13)17-23-18(27-24-17)16-6-3-11-25(16)19(26)22-15-5-2-1-4-14(15)21/h1-2,4-5,7-10,16H,3,6,11H2,(H,22,26). The maximum absolute atomic E-state index is 13.8. The van der Waals surface area contributed by atoms with Gasteiger partial charge in [0.15, 0.2) is 0 Å². The molecule has 4 rings (SSSR count). The number of carbonyl (C=O) groups is 1. The summed E-state index contributed by atoms with van der Waals surface area (Å²) in [4.78, 5) is 18.7. The number of amides is 2. The van der Waals surface area contributed by atoms with Crippen molar-refractivity contribution in [2.75, 3.05) is 11.9 Å².